The molecule has 168 valence electrons. The Morgan fingerprint density at radius 2 is 2.06 bits per heavy atom. The van der Waals surface area contributed by atoms with Gasteiger partial charge in [-0.2, -0.15) is 25.4 Å². The predicted molar refractivity (Wildman–Crippen MR) is 122 cm³/mol. The summed E-state index contributed by atoms with van der Waals surface area (Å²) in [5.41, 5.74) is 2.37. The highest BCUT2D eigenvalue weighted by Crippen LogP contribution is 2.33. The predicted octanol–water partition coefficient (Wildman–Crippen LogP) is 3.16. The average molecular weight is 444 g/mol. The van der Waals surface area contributed by atoms with Gasteiger partial charge in [0.05, 0.1) is 42.7 Å². The van der Waals surface area contributed by atoms with Crippen LogP contribution in [0.3, 0.4) is 0 Å². The lowest BCUT2D eigenvalue weighted by molar-refractivity contribution is 0.0211. The molecule has 10 nitrogen and oxygen atoms in total. The van der Waals surface area contributed by atoms with Crippen LogP contribution in [-0.2, 0) is 4.74 Å². The Labute approximate surface area is 189 Å². The molecule has 4 aromatic rings. The Kier molecular flexibility index (Phi) is 5.62. The molecule has 0 saturated carbocycles. The van der Waals surface area contributed by atoms with Gasteiger partial charge in [-0.1, -0.05) is 12.1 Å². The number of aromatic amines is 1. The van der Waals surface area contributed by atoms with Crippen LogP contribution >= 0.6 is 0 Å². The first-order valence-electron chi connectivity index (χ1n) is 10.9. The van der Waals surface area contributed by atoms with E-state index in [0.29, 0.717) is 30.8 Å². The van der Waals surface area contributed by atoms with Gasteiger partial charge in [-0.15, -0.1) is 0 Å². The van der Waals surface area contributed by atoms with Crippen molar-refractivity contribution in [3.8, 4) is 6.07 Å². The fourth-order valence-corrected chi connectivity index (χ4v) is 4.37. The normalized spacial score (nSPS) is 19.3. The Morgan fingerprint density at radius 3 is 2.82 bits per heavy atom. The number of fused-ring (bicyclic) bond motifs is 1. The molecule has 0 spiro atoms. The first kappa shape index (κ1) is 20.9. The summed E-state index contributed by atoms with van der Waals surface area (Å²) < 4.78 is 7.54. The fraction of sp³-hybridized carbons (Fsp3) is 0.348. The Morgan fingerprint density at radius 1 is 1.27 bits per heavy atom. The van der Waals surface area contributed by atoms with Gasteiger partial charge in [-0.05, 0) is 43.0 Å². The number of nitrogens with zero attached hydrogens (tertiary/aromatic N) is 6. The highest BCUT2D eigenvalue weighted by Gasteiger charge is 2.30. The van der Waals surface area contributed by atoms with Crippen LogP contribution in [0.1, 0.15) is 37.4 Å². The van der Waals surface area contributed by atoms with Gasteiger partial charge >= 0.3 is 0 Å². The first-order chi connectivity index (χ1) is 16.2. The number of rotatable bonds is 6. The van der Waals surface area contributed by atoms with Crippen LogP contribution in [0.5, 0.6) is 0 Å². The minimum Gasteiger partial charge on any atom is -0.379 e. The Bertz CT molecular complexity index is 1330. The molecule has 1 fully saturated rings. The van der Waals surface area contributed by atoms with Crippen molar-refractivity contribution in [3.05, 3.63) is 64.8 Å². The molecule has 0 radical (unpaired) electrons. The van der Waals surface area contributed by atoms with Crippen molar-refractivity contribution in [2.75, 3.05) is 18.5 Å². The maximum atomic E-state index is 12.7. The van der Waals surface area contributed by atoms with Crippen LogP contribution in [0.25, 0.3) is 10.9 Å². The molecule has 1 aliphatic rings. The van der Waals surface area contributed by atoms with Crippen LogP contribution in [0.4, 0.5) is 11.5 Å². The second-order valence-corrected chi connectivity index (χ2v) is 8.19. The first-order valence-corrected chi connectivity index (χ1v) is 10.9. The van der Waals surface area contributed by atoms with E-state index in [0.717, 1.165) is 23.2 Å². The molecule has 10 heteroatoms. The van der Waals surface area contributed by atoms with Crippen LogP contribution in [0.2, 0.25) is 0 Å². The van der Waals surface area contributed by atoms with Crippen LogP contribution in [-0.4, -0.2) is 43.0 Å². The summed E-state index contributed by atoms with van der Waals surface area (Å²) in [5.74, 6) is 0.596. The number of ether oxygens (including phenoxy) is 1. The highest BCUT2D eigenvalue weighted by atomic mass is 16.5. The molecule has 2 N–H and O–H groups in total. The number of H-pyrrole nitrogens is 1. The number of pyridine rings is 1. The standard InChI is InChI=1S/C23H24N8O2/c1-15(31-26-11-12-27-31)16-2-4-18(5-3-16)28-22-21-19(7-10-25-23(21)32)30(29-22)20-14-33-13-8-17(20)6-9-24/h2-5,7,10-12,15,17,20H,6,8,13-14H2,1H3,(H,25,32)(H,28,29). The topological polar surface area (TPSA) is 126 Å². The average Bonchev–Trinajstić information content (AvgIpc) is 3.49. The zero-order chi connectivity index (χ0) is 22.8. The minimum absolute atomic E-state index is 0.000280. The molecule has 33 heavy (non-hydrogen) atoms. The van der Waals surface area contributed by atoms with Crippen molar-refractivity contribution in [2.45, 2.75) is 31.8 Å². The van der Waals surface area contributed by atoms with E-state index in [1.807, 2.05) is 41.9 Å². The molecule has 3 atom stereocenters. The monoisotopic (exact) mass is 444 g/mol. The summed E-state index contributed by atoms with van der Waals surface area (Å²) in [6.07, 6.45) is 6.14. The van der Waals surface area contributed by atoms with E-state index in [2.05, 4.69) is 26.6 Å². The molecule has 1 aromatic carbocycles. The second kappa shape index (κ2) is 8.88. The number of hydrogen-bond acceptors (Lipinski definition) is 7. The van der Waals surface area contributed by atoms with Crippen LogP contribution in [0, 0.1) is 17.2 Å². The molecule has 1 saturated heterocycles. The fourth-order valence-electron chi connectivity index (χ4n) is 4.37. The van der Waals surface area contributed by atoms with Gasteiger partial charge in [0.25, 0.3) is 5.56 Å². The van der Waals surface area contributed by atoms with E-state index in [1.54, 1.807) is 23.4 Å². The number of nitriles is 1. The molecule has 3 aromatic heterocycles. The van der Waals surface area contributed by atoms with Gasteiger partial charge in [0, 0.05) is 24.9 Å². The number of hydrogen-bond donors (Lipinski definition) is 2. The number of anilines is 2. The summed E-state index contributed by atoms with van der Waals surface area (Å²) in [4.78, 5) is 17.1. The SMILES string of the molecule is CC(c1ccc(Nc2nn(C3COCCC3CC#N)c3cc[nH]c(=O)c23)cc1)n1nccn1. The van der Waals surface area contributed by atoms with Gasteiger partial charge in [0.15, 0.2) is 5.82 Å². The van der Waals surface area contributed by atoms with Crippen LogP contribution < -0.4 is 10.9 Å². The van der Waals surface area contributed by atoms with Crippen LogP contribution in [0.15, 0.2) is 53.7 Å². The van der Waals surface area contributed by atoms with E-state index in [4.69, 9.17) is 9.84 Å². The molecule has 0 bridgehead atoms. The smallest absolute Gasteiger partial charge is 0.261 e. The lowest BCUT2D eigenvalue weighted by Gasteiger charge is -2.30. The highest BCUT2D eigenvalue weighted by molar-refractivity contribution is 5.91. The number of nitrogens with one attached hydrogen (secondary N) is 2. The van der Waals surface area contributed by atoms with Crippen molar-refractivity contribution in [1.29, 1.82) is 5.26 Å². The number of benzene rings is 1. The molecule has 1 aliphatic heterocycles. The molecule has 0 amide bonds. The quantitative estimate of drug-likeness (QED) is 0.468. The third-order valence-corrected chi connectivity index (χ3v) is 6.20. The molecule has 3 unspecified atom stereocenters. The van der Waals surface area contributed by atoms with Gasteiger partial charge in [-0.3, -0.25) is 9.48 Å². The zero-order valence-electron chi connectivity index (χ0n) is 18.2. The van der Waals surface area contributed by atoms with E-state index in [9.17, 15) is 10.1 Å². The molecule has 0 aliphatic carbocycles. The Hall–Kier alpha value is -3.97. The third kappa shape index (κ3) is 3.99. The minimum atomic E-state index is -0.218. The number of aromatic nitrogens is 6. The van der Waals surface area contributed by atoms with Gasteiger partial charge < -0.3 is 15.0 Å². The second-order valence-electron chi connectivity index (χ2n) is 8.19. The van der Waals surface area contributed by atoms with Crippen molar-refractivity contribution in [1.82, 2.24) is 29.8 Å². The molecule has 4 heterocycles. The van der Waals surface area contributed by atoms with Gasteiger partial charge in [0.2, 0.25) is 0 Å². The van der Waals surface area contributed by atoms with Gasteiger partial charge in [-0.25, -0.2) is 0 Å². The van der Waals surface area contributed by atoms with Gasteiger partial charge in [0.1, 0.15) is 5.39 Å². The maximum absolute atomic E-state index is 12.7. The maximum Gasteiger partial charge on any atom is 0.261 e. The summed E-state index contributed by atoms with van der Waals surface area (Å²) in [6, 6.07) is 11.9. The summed E-state index contributed by atoms with van der Waals surface area (Å²) in [5, 5.41) is 26.2. The summed E-state index contributed by atoms with van der Waals surface area (Å²) in [7, 11) is 0. The largest absolute Gasteiger partial charge is 0.379 e. The van der Waals surface area contributed by atoms with E-state index < -0.39 is 0 Å². The lowest BCUT2D eigenvalue weighted by atomic mass is 9.92. The molecular formula is C23H24N8O2. The molecular weight excluding hydrogens is 420 g/mol. The van der Waals surface area contributed by atoms with Crippen molar-refractivity contribution in [3.63, 3.8) is 0 Å². The lowest BCUT2D eigenvalue weighted by Crippen LogP contribution is -2.30. The summed E-state index contributed by atoms with van der Waals surface area (Å²) in [6.45, 7) is 3.12. The summed E-state index contributed by atoms with van der Waals surface area (Å²) >= 11 is 0. The molecule has 5 rings (SSSR count). The van der Waals surface area contributed by atoms with E-state index in [-0.39, 0.29) is 23.6 Å². The van der Waals surface area contributed by atoms with Crippen molar-refractivity contribution in [2.24, 2.45) is 5.92 Å². The Balaban J connectivity index is 1.47. The van der Waals surface area contributed by atoms with Crippen molar-refractivity contribution >= 4 is 22.4 Å². The third-order valence-electron chi connectivity index (χ3n) is 6.20. The zero-order valence-corrected chi connectivity index (χ0v) is 18.2. The van der Waals surface area contributed by atoms with Crippen molar-refractivity contribution < 1.29 is 4.74 Å². The van der Waals surface area contributed by atoms with E-state index in [1.165, 1.54) is 0 Å². The van der Waals surface area contributed by atoms with E-state index >= 15 is 0 Å².